The Morgan fingerprint density at radius 3 is 2.34 bits per heavy atom. The third-order valence-electron chi connectivity index (χ3n) is 5.92. The maximum absolute atomic E-state index is 13.0. The number of hydrogen-bond donors (Lipinski definition) is 0. The molecule has 0 bridgehead atoms. The standard InChI is InChI=1S/C22H29N3O3S/c1-17-14-20(18-7-9-21(28-2)10-8-18)15-22(23-17)19-6-5-13-25(16-19)29(26,27)24-11-3-4-12-24/h7-10,14-15,19H,3-6,11-13,16H2,1-2H3/t19-/m1/s1. The molecule has 2 saturated heterocycles. The molecule has 0 unspecified atom stereocenters. The molecule has 1 aromatic heterocycles. The lowest BCUT2D eigenvalue weighted by Gasteiger charge is -2.34. The van der Waals surface area contributed by atoms with Gasteiger partial charge in [0.15, 0.2) is 0 Å². The Morgan fingerprint density at radius 1 is 0.966 bits per heavy atom. The normalized spacial score (nSPS) is 21.4. The van der Waals surface area contributed by atoms with Gasteiger partial charge in [-0.1, -0.05) is 12.1 Å². The zero-order chi connectivity index (χ0) is 20.4. The molecule has 2 aliphatic heterocycles. The van der Waals surface area contributed by atoms with E-state index in [1.54, 1.807) is 15.7 Å². The second-order valence-electron chi connectivity index (χ2n) is 7.96. The van der Waals surface area contributed by atoms with E-state index in [-0.39, 0.29) is 5.92 Å². The molecule has 7 heteroatoms. The van der Waals surface area contributed by atoms with Gasteiger partial charge >= 0.3 is 0 Å². The number of pyridine rings is 1. The summed E-state index contributed by atoms with van der Waals surface area (Å²) in [6, 6.07) is 12.2. The molecule has 6 nitrogen and oxygen atoms in total. The van der Waals surface area contributed by atoms with Gasteiger partial charge in [-0.15, -0.1) is 0 Å². The minimum absolute atomic E-state index is 0.123. The molecule has 0 saturated carbocycles. The molecule has 2 aromatic rings. The lowest BCUT2D eigenvalue weighted by Crippen LogP contribution is -2.46. The predicted molar refractivity (Wildman–Crippen MR) is 114 cm³/mol. The van der Waals surface area contributed by atoms with Gasteiger partial charge in [0.2, 0.25) is 0 Å². The van der Waals surface area contributed by atoms with Gasteiger partial charge in [-0.05, 0) is 68.0 Å². The number of benzene rings is 1. The number of nitrogens with zero attached hydrogens (tertiary/aromatic N) is 3. The number of aryl methyl sites for hydroxylation is 1. The molecule has 29 heavy (non-hydrogen) atoms. The van der Waals surface area contributed by atoms with E-state index in [1.807, 2.05) is 31.2 Å². The summed E-state index contributed by atoms with van der Waals surface area (Å²) in [6.07, 6.45) is 3.75. The van der Waals surface area contributed by atoms with Gasteiger partial charge in [0.25, 0.3) is 10.2 Å². The molecule has 1 atom stereocenters. The van der Waals surface area contributed by atoms with Crippen LogP contribution in [0.25, 0.3) is 11.1 Å². The summed E-state index contributed by atoms with van der Waals surface area (Å²) in [5.74, 6) is 0.952. The summed E-state index contributed by atoms with van der Waals surface area (Å²) < 4.78 is 34.6. The van der Waals surface area contributed by atoms with Crippen molar-refractivity contribution in [2.45, 2.75) is 38.5 Å². The average Bonchev–Trinajstić information content (AvgIpc) is 3.29. The van der Waals surface area contributed by atoms with Gasteiger partial charge in [-0.2, -0.15) is 17.0 Å². The Bertz CT molecular complexity index is 954. The fraction of sp³-hybridized carbons (Fsp3) is 0.500. The van der Waals surface area contributed by atoms with Gasteiger partial charge in [0.05, 0.1) is 7.11 Å². The molecule has 156 valence electrons. The first-order chi connectivity index (χ1) is 14.0. The van der Waals surface area contributed by atoms with Crippen LogP contribution in [0.2, 0.25) is 0 Å². The molecular weight excluding hydrogens is 386 g/mol. The van der Waals surface area contributed by atoms with Crippen LogP contribution in [0.4, 0.5) is 0 Å². The summed E-state index contributed by atoms with van der Waals surface area (Å²) >= 11 is 0. The smallest absolute Gasteiger partial charge is 0.281 e. The van der Waals surface area contributed by atoms with Crippen LogP contribution < -0.4 is 4.74 Å². The molecule has 0 amide bonds. The van der Waals surface area contributed by atoms with Gasteiger partial charge in [-0.3, -0.25) is 4.98 Å². The van der Waals surface area contributed by atoms with E-state index in [4.69, 9.17) is 9.72 Å². The fourth-order valence-corrected chi connectivity index (χ4v) is 6.10. The van der Waals surface area contributed by atoms with Crippen molar-refractivity contribution in [3.05, 3.63) is 47.8 Å². The van der Waals surface area contributed by atoms with Crippen molar-refractivity contribution in [3.63, 3.8) is 0 Å². The van der Waals surface area contributed by atoms with E-state index in [0.29, 0.717) is 26.2 Å². The molecule has 1 aromatic carbocycles. The molecule has 2 aliphatic rings. The molecule has 4 rings (SSSR count). The summed E-state index contributed by atoms with van der Waals surface area (Å²) in [5.41, 5.74) is 4.15. The molecule has 0 radical (unpaired) electrons. The first kappa shape index (κ1) is 20.3. The first-order valence-corrected chi connectivity index (χ1v) is 11.8. The summed E-state index contributed by atoms with van der Waals surface area (Å²) in [6.45, 7) is 4.41. The predicted octanol–water partition coefficient (Wildman–Crippen LogP) is 3.59. The number of rotatable bonds is 5. The molecule has 3 heterocycles. The second kappa shape index (κ2) is 8.42. The summed E-state index contributed by atoms with van der Waals surface area (Å²) in [5, 5.41) is 0. The maximum atomic E-state index is 13.0. The van der Waals surface area contributed by atoms with Crippen molar-refractivity contribution < 1.29 is 13.2 Å². The Hall–Kier alpha value is -1.96. The minimum Gasteiger partial charge on any atom is -0.497 e. The average molecular weight is 416 g/mol. The van der Waals surface area contributed by atoms with Crippen LogP contribution in [0.5, 0.6) is 5.75 Å². The van der Waals surface area contributed by atoms with Crippen molar-refractivity contribution in [1.82, 2.24) is 13.6 Å². The van der Waals surface area contributed by atoms with Crippen LogP contribution in [0.15, 0.2) is 36.4 Å². The summed E-state index contributed by atoms with van der Waals surface area (Å²) in [7, 11) is -1.70. The topological polar surface area (TPSA) is 62.7 Å². The highest BCUT2D eigenvalue weighted by Crippen LogP contribution is 2.32. The van der Waals surface area contributed by atoms with Gasteiger partial charge in [0, 0.05) is 43.5 Å². The Morgan fingerprint density at radius 2 is 1.66 bits per heavy atom. The molecule has 0 N–H and O–H groups in total. The lowest BCUT2D eigenvalue weighted by molar-refractivity contribution is 0.290. The molecular formula is C22H29N3O3S. The zero-order valence-electron chi connectivity index (χ0n) is 17.2. The highest BCUT2D eigenvalue weighted by molar-refractivity contribution is 7.86. The Kier molecular flexibility index (Phi) is 5.90. The molecule has 2 fully saturated rings. The van der Waals surface area contributed by atoms with E-state index < -0.39 is 10.2 Å². The van der Waals surface area contributed by atoms with Crippen LogP contribution in [0.3, 0.4) is 0 Å². The van der Waals surface area contributed by atoms with Crippen LogP contribution in [-0.2, 0) is 10.2 Å². The minimum atomic E-state index is -3.36. The SMILES string of the molecule is COc1ccc(-c2cc(C)nc([C@@H]3CCCN(S(=O)(=O)N4CCCC4)C3)c2)cc1. The van der Waals surface area contributed by atoms with Crippen molar-refractivity contribution in [2.24, 2.45) is 0 Å². The van der Waals surface area contributed by atoms with E-state index in [9.17, 15) is 8.42 Å². The first-order valence-electron chi connectivity index (χ1n) is 10.4. The fourth-order valence-electron chi connectivity index (χ4n) is 4.33. The molecule has 0 spiro atoms. The van der Waals surface area contributed by atoms with E-state index in [2.05, 4.69) is 12.1 Å². The number of methoxy groups -OCH3 is 1. The Labute approximate surface area is 173 Å². The lowest BCUT2D eigenvalue weighted by atomic mass is 9.93. The monoisotopic (exact) mass is 415 g/mol. The third-order valence-corrected chi connectivity index (χ3v) is 7.92. The number of aromatic nitrogens is 1. The third kappa shape index (κ3) is 4.32. The van der Waals surface area contributed by atoms with Gasteiger partial charge in [-0.25, -0.2) is 0 Å². The Balaban J connectivity index is 1.58. The van der Waals surface area contributed by atoms with Gasteiger partial charge in [0.1, 0.15) is 5.75 Å². The van der Waals surface area contributed by atoms with Crippen molar-refractivity contribution in [3.8, 4) is 16.9 Å². The molecule has 0 aliphatic carbocycles. The maximum Gasteiger partial charge on any atom is 0.281 e. The van der Waals surface area contributed by atoms with Gasteiger partial charge < -0.3 is 4.74 Å². The van der Waals surface area contributed by atoms with Crippen LogP contribution in [0, 0.1) is 6.92 Å². The highest BCUT2D eigenvalue weighted by atomic mass is 32.2. The van der Waals surface area contributed by atoms with E-state index >= 15 is 0 Å². The second-order valence-corrected chi connectivity index (χ2v) is 9.89. The zero-order valence-corrected chi connectivity index (χ0v) is 18.0. The number of hydrogen-bond acceptors (Lipinski definition) is 4. The van der Waals surface area contributed by atoms with Crippen LogP contribution in [-0.4, -0.2) is 55.3 Å². The number of piperidine rings is 1. The van der Waals surface area contributed by atoms with E-state index in [1.165, 1.54) is 0 Å². The highest BCUT2D eigenvalue weighted by Gasteiger charge is 2.35. The van der Waals surface area contributed by atoms with Crippen molar-refractivity contribution >= 4 is 10.2 Å². The van der Waals surface area contributed by atoms with E-state index in [0.717, 1.165) is 53.9 Å². The van der Waals surface area contributed by atoms with Crippen LogP contribution >= 0.6 is 0 Å². The van der Waals surface area contributed by atoms with Crippen molar-refractivity contribution in [1.29, 1.82) is 0 Å². The quantitative estimate of drug-likeness (QED) is 0.749. The van der Waals surface area contributed by atoms with Crippen LogP contribution in [0.1, 0.15) is 43.0 Å². The van der Waals surface area contributed by atoms with Crippen molar-refractivity contribution in [2.75, 3.05) is 33.3 Å². The summed E-state index contributed by atoms with van der Waals surface area (Å²) in [4.78, 5) is 4.77. The number of ether oxygens (including phenoxy) is 1. The largest absolute Gasteiger partial charge is 0.497 e.